The standard InChI is InChI=1S/C12H18N4O3/c1-8(2)11-9(7-16(3)15-11)14-12(19)13-6-4-5-10(17)18/h4-5,7-8H,6H2,1-3H3,(H,17,18)(H2,13,14,19)/b5-4+. The van der Waals surface area contributed by atoms with Crippen molar-refractivity contribution >= 4 is 17.7 Å². The third kappa shape index (κ3) is 4.82. The molecule has 0 aromatic carbocycles. The fourth-order valence-corrected chi connectivity index (χ4v) is 1.51. The Kier molecular flexibility index (Phi) is 5.11. The van der Waals surface area contributed by atoms with Crippen LogP contribution in [-0.2, 0) is 11.8 Å². The first-order valence-electron chi connectivity index (χ1n) is 5.88. The highest BCUT2D eigenvalue weighted by Crippen LogP contribution is 2.21. The highest BCUT2D eigenvalue weighted by molar-refractivity contribution is 5.90. The minimum Gasteiger partial charge on any atom is -0.478 e. The van der Waals surface area contributed by atoms with Crippen molar-refractivity contribution in [3.05, 3.63) is 24.0 Å². The first kappa shape index (κ1) is 14.7. The molecule has 1 aromatic heterocycles. The van der Waals surface area contributed by atoms with E-state index in [2.05, 4.69) is 15.7 Å². The van der Waals surface area contributed by atoms with Crippen LogP contribution in [0.2, 0.25) is 0 Å². The number of aryl methyl sites for hydroxylation is 1. The van der Waals surface area contributed by atoms with E-state index in [9.17, 15) is 9.59 Å². The van der Waals surface area contributed by atoms with Gasteiger partial charge in [-0.25, -0.2) is 9.59 Å². The molecule has 0 radical (unpaired) electrons. The summed E-state index contributed by atoms with van der Waals surface area (Å²) < 4.78 is 1.63. The second kappa shape index (κ2) is 6.58. The molecule has 0 bridgehead atoms. The van der Waals surface area contributed by atoms with Crippen LogP contribution in [0.25, 0.3) is 0 Å². The van der Waals surface area contributed by atoms with Crippen LogP contribution in [-0.4, -0.2) is 33.4 Å². The maximum atomic E-state index is 11.6. The van der Waals surface area contributed by atoms with Crippen molar-refractivity contribution in [1.29, 1.82) is 0 Å². The molecule has 0 saturated carbocycles. The van der Waals surface area contributed by atoms with E-state index < -0.39 is 12.0 Å². The van der Waals surface area contributed by atoms with E-state index in [1.807, 2.05) is 13.8 Å². The van der Waals surface area contributed by atoms with Crippen molar-refractivity contribution in [2.75, 3.05) is 11.9 Å². The number of aromatic nitrogens is 2. The Morgan fingerprint density at radius 1 is 1.53 bits per heavy atom. The van der Waals surface area contributed by atoms with Gasteiger partial charge in [0.15, 0.2) is 0 Å². The summed E-state index contributed by atoms with van der Waals surface area (Å²) in [4.78, 5) is 21.8. The summed E-state index contributed by atoms with van der Waals surface area (Å²) in [6.07, 6.45) is 4.06. The molecule has 104 valence electrons. The summed E-state index contributed by atoms with van der Waals surface area (Å²) in [5.41, 5.74) is 1.45. The van der Waals surface area contributed by atoms with E-state index in [-0.39, 0.29) is 12.5 Å². The van der Waals surface area contributed by atoms with Crippen molar-refractivity contribution in [3.63, 3.8) is 0 Å². The molecule has 0 aliphatic heterocycles. The van der Waals surface area contributed by atoms with Crippen molar-refractivity contribution in [2.45, 2.75) is 19.8 Å². The molecule has 0 atom stereocenters. The number of rotatable bonds is 5. The molecule has 0 aliphatic rings. The third-order valence-corrected chi connectivity index (χ3v) is 2.29. The van der Waals surface area contributed by atoms with Gasteiger partial charge in [0.25, 0.3) is 0 Å². The van der Waals surface area contributed by atoms with Crippen LogP contribution in [0.3, 0.4) is 0 Å². The predicted molar refractivity (Wildman–Crippen MR) is 71.1 cm³/mol. The summed E-state index contributed by atoms with van der Waals surface area (Å²) in [5.74, 6) is -0.847. The monoisotopic (exact) mass is 266 g/mol. The van der Waals surface area contributed by atoms with Gasteiger partial charge in [-0.1, -0.05) is 19.9 Å². The highest BCUT2D eigenvalue weighted by atomic mass is 16.4. The number of carboxylic acid groups (broad SMARTS) is 1. The smallest absolute Gasteiger partial charge is 0.328 e. The Bertz CT molecular complexity index is 491. The summed E-state index contributed by atoms with van der Waals surface area (Å²) in [7, 11) is 1.78. The maximum absolute atomic E-state index is 11.6. The lowest BCUT2D eigenvalue weighted by molar-refractivity contribution is -0.131. The fraction of sp³-hybridized carbons (Fsp3) is 0.417. The minimum atomic E-state index is -1.04. The van der Waals surface area contributed by atoms with E-state index in [1.165, 1.54) is 6.08 Å². The Morgan fingerprint density at radius 2 is 2.21 bits per heavy atom. The lowest BCUT2D eigenvalue weighted by Crippen LogP contribution is -2.29. The molecule has 0 fully saturated rings. The second-order valence-corrected chi connectivity index (χ2v) is 4.33. The molecule has 19 heavy (non-hydrogen) atoms. The number of nitrogens with one attached hydrogen (secondary N) is 2. The average Bonchev–Trinajstić information content (AvgIpc) is 2.65. The average molecular weight is 266 g/mol. The van der Waals surface area contributed by atoms with Crippen LogP contribution in [0.15, 0.2) is 18.3 Å². The molecule has 7 heteroatoms. The predicted octanol–water partition coefficient (Wildman–Crippen LogP) is 1.31. The number of aliphatic carboxylic acids is 1. The van der Waals surface area contributed by atoms with E-state index in [0.717, 1.165) is 11.8 Å². The third-order valence-electron chi connectivity index (χ3n) is 2.29. The van der Waals surface area contributed by atoms with Gasteiger partial charge in [-0.3, -0.25) is 4.68 Å². The van der Waals surface area contributed by atoms with Crippen molar-refractivity contribution in [2.24, 2.45) is 7.05 Å². The minimum absolute atomic E-state index is 0.148. The number of nitrogens with zero attached hydrogens (tertiary/aromatic N) is 2. The molecule has 0 unspecified atom stereocenters. The molecular weight excluding hydrogens is 248 g/mol. The van der Waals surface area contributed by atoms with Gasteiger partial charge in [0, 0.05) is 25.9 Å². The zero-order valence-corrected chi connectivity index (χ0v) is 11.2. The van der Waals surface area contributed by atoms with Crippen LogP contribution < -0.4 is 10.6 Å². The Hall–Kier alpha value is -2.31. The van der Waals surface area contributed by atoms with Crippen LogP contribution in [0.4, 0.5) is 10.5 Å². The van der Waals surface area contributed by atoms with Crippen LogP contribution in [0.5, 0.6) is 0 Å². The van der Waals surface area contributed by atoms with Crippen molar-refractivity contribution in [3.8, 4) is 0 Å². The Morgan fingerprint density at radius 3 is 2.79 bits per heavy atom. The molecule has 2 amide bonds. The van der Waals surface area contributed by atoms with Gasteiger partial charge < -0.3 is 15.7 Å². The zero-order valence-electron chi connectivity index (χ0n) is 11.2. The molecular formula is C12H18N4O3. The molecule has 1 aromatic rings. The lowest BCUT2D eigenvalue weighted by Gasteiger charge is -2.07. The summed E-state index contributed by atoms with van der Waals surface area (Å²) in [5, 5.41) is 17.9. The van der Waals surface area contributed by atoms with Gasteiger partial charge in [0.2, 0.25) is 0 Å². The van der Waals surface area contributed by atoms with Crippen LogP contribution in [0, 0.1) is 0 Å². The van der Waals surface area contributed by atoms with Crippen LogP contribution >= 0.6 is 0 Å². The summed E-state index contributed by atoms with van der Waals surface area (Å²) in [6, 6.07) is -0.398. The van der Waals surface area contributed by atoms with Gasteiger partial charge in [0.05, 0.1) is 11.4 Å². The number of hydrogen-bond donors (Lipinski definition) is 3. The Labute approximate surface area is 111 Å². The maximum Gasteiger partial charge on any atom is 0.328 e. The molecule has 1 heterocycles. The van der Waals surface area contributed by atoms with Crippen molar-refractivity contribution in [1.82, 2.24) is 15.1 Å². The van der Waals surface area contributed by atoms with Gasteiger partial charge in [-0.2, -0.15) is 5.10 Å². The molecule has 1 rings (SSSR count). The largest absolute Gasteiger partial charge is 0.478 e. The lowest BCUT2D eigenvalue weighted by atomic mass is 10.1. The van der Waals surface area contributed by atoms with Gasteiger partial charge >= 0.3 is 12.0 Å². The number of carbonyl (C=O) groups is 2. The quantitative estimate of drug-likeness (QED) is 0.700. The first-order valence-corrected chi connectivity index (χ1v) is 5.88. The number of carbonyl (C=O) groups excluding carboxylic acids is 1. The van der Waals surface area contributed by atoms with E-state index in [1.54, 1.807) is 17.9 Å². The van der Waals surface area contributed by atoms with Gasteiger partial charge in [0.1, 0.15) is 0 Å². The molecule has 7 nitrogen and oxygen atoms in total. The number of urea groups is 1. The fourth-order valence-electron chi connectivity index (χ4n) is 1.51. The van der Waals surface area contributed by atoms with E-state index in [4.69, 9.17) is 5.11 Å². The molecule has 0 saturated heterocycles. The zero-order chi connectivity index (χ0) is 14.4. The molecule has 3 N–H and O–H groups in total. The summed E-state index contributed by atoms with van der Waals surface area (Å²) >= 11 is 0. The SMILES string of the molecule is CC(C)c1nn(C)cc1NC(=O)NC/C=C/C(=O)O. The normalized spacial score (nSPS) is 10.9. The number of hydrogen-bond acceptors (Lipinski definition) is 3. The highest BCUT2D eigenvalue weighted by Gasteiger charge is 2.13. The number of carboxylic acids is 1. The van der Waals surface area contributed by atoms with Gasteiger partial charge in [-0.05, 0) is 5.92 Å². The summed E-state index contributed by atoms with van der Waals surface area (Å²) in [6.45, 7) is 4.12. The number of anilines is 1. The van der Waals surface area contributed by atoms with Crippen LogP contribution in [0.1, 0.15) is 25.5 Å². The topological polar surface area (TPSA) is 96.3 Å². The Balaban J connectivity index is 2.55. The molecule has 0 aliphatic carbocycles. The number of amides is 2. The molecule has 0 spiro atoms. The van der Waals surface area contributed by atoms with E-state index >= 15 is 0 Å². The second-order valence-electron chi connectivity index (χ2n) is 4.33. The van der Waals surface area contributed by atoms with Crippen molar-refractivity contribution < 1.29 is 14.7 Å². The van der Waals surface area contributed by atoms with Gasteiger partial charge in [-0.15, -0.1) is 0 Å². The van der Waals surface area contributed by atoms with E-state index in [0.29, 0.717) is 5.69 Å². The first-order chi connectivity index (χ1) is 8.90.